The van der Waals surface area contributed by atoms with Gasteiger partial charge in [0.1, 0.15) is 0 Å². The number of hydrogen-bond acceptors (Lipinski definition) is 3. The number of para-hydroxylation sites is 3. The molecule has 0 N–H and O–H groups in total. The molecule has 0 aliphatic heterocycles. The monoisotopic (exact) mass is 296 g/mol. The fourth-order valence-corrected chi connectivity index (χ4v) is 2.41. The van der Waals surface area contributed by atoms with Crippen LogP contribution >= 0.6 is 0 Å². The van der Waals surface area contributed by atoms with E-state index in [4.69, 9.17) is 4.74 Å². The number of imidazole rings is 1. The highest BCUT2D eigenvalue weighted by atomic mass is 16.6. The fourth-order valence-electron chi connectivity index (χ4n) is 2.41. The predicted molar refractivity (Wildman–Crippen MR) is 84.6 cm³/mol. The van der Waals surface area contributed by atoms with E-state index >= 15 is 0 Å². The summed E-state index contributed by atoms with van der Waals surface area (Å²) in [4.78, 5) is 25.0. The van der Waals surface area contributed by atoms with Crippen molar-refractivity contribution in [3.05, 3.63) is 65.1 Å². The summed E-state index contributed by atoms with van der Waals surface area (Å²) in [6, 6.07) is 16.4. The summed E-state index contributed by atoms with van der Waals surface area (Å²) in [5, 5.41) is 0. The Morgan fingerprint density at radius 2 is 1.55 bits per heavy atom. The smallest absolute Gasteiger partial charge is 0.423 e. The molecule has 0 aliphatic rings. The van der Waals surface area contributed by atoms with Crippen LogP contribution in [0.5, 0.6) is 0 Å². The Labute approximate surface area is 127 Å². The van der Waals surface area contributed by atoms with E-state index in [0.29, 0.717) is 16.7 Å². The number of rotatable bonds is 2. The van der Waals surface area contributed by atoms with Gasteiger partial charge >= 0.3 is 11.8 Å². The average molecular weight is 296 g/mol. The molecule has 1 heterocycles. The SMILES string of the molecule is CC(C)OC(=O)n1c(=O)n(-c2ccccc2)c2ccccc21. The van der Waals surface area contributed by atoms with E-state index < -0.39 is 11.8 Å². The summed E-state index contributed by atoms with van der Waals surface area (Å²) in [7, 11) is 0. The van der Waals surface area contributed by atoms with E-state index in [1.165, 1.54) is 4.57 Å². The van der Waals surface area contributed by atoms with Crippen molar-refractivity contribution < 1.29 is 9.53 Å². The molecule has 1 aromatic heterocycles. The van der Waals surface area contributed by atoms with Crippen LogP contribution in [0.2, 0.25) is 0 Å². The molecular formula is C17H16N2O3. The van der Waals surface area contributed by atoms with Crippen LogP contribution < -0.4 is 5.69 Å². The van der Waals surface area contributed by atoms with Crippen molar-refractivity contribution in [1.29, 1.82) is 0 Å². The molecule has 22 heavy (non-hydrogen) atoms. The minimum atomic E-state index is -0.661. The van der Waals surface area contributed by atoms with E-state index in [2.05, 4.69) is 0 Å². The molecule has 0 spiro atoms. The standard InChI is InChI=1S/C17H16N2O3/c1-12(2)22-17(21)19-15-11-7-6-10-14(15)18(16(19)20)13-8-4-3-5-9-13/h3-12H,1-2H3. The number of aromatic nitrogens is 2. The topological polar surface area (TPSA) is 53.2 Å². The lowest BCUT2D eigenvalue weighted by atomic mass is 10.3. The van der Waals surface area contributed by atoms with Gasteiger partial charge in [-0.3, -0.25) is 4.57 Å². The zero-order chi connectivity index (χ0) is 15.7. The second kappa shape index (κ2) is 5.52. The van der Waals surface area contributed by atoms with Gasteiger partial charge in [0.15, 0.2) is 0 Å². The molecule has 5 heteroatoms. The predicted octanol–water partition coefficient (Wildman–Crippen LogP) is 3.19. The molecule has 3 rings (SSSR count). The van der Waals surface area contributed by atoms with Gasteiger partial charge in [-0.25, -0.2) is 9.59 Å². The van der Waals surface area contributed by atoms with Gasteiger partial charge < -0.3 is 4.74 Å². The number of carbonyl (C=O) groups excluding carboxylic acids is 1. The van der Waals surface area contributed by atoms with E-state index in [-0.39, 0.29) is 6.10 Å². The van der Waals surface area contributed by atoms with Crippen molar-refractivity contribution in [3.63, 3.8) is 0 Å². The number of nitrogens with zero attached hydrogens (tertiary/aromatic N) is 2. The third kappa shape index (κ3) is 2.30. The van der Waals surface area contributed by atoms with E-state index in [1.54, 1.807) is 26.0 Å². The normalized spacial score (nSPS) is 11.0. The average Bonchev–Trinajstić information content (AvgIpc) is 2.79. The molecule has 0 atom stereocenters. The third-order valence-electron chi connectivity index (χ3n) is 3.28. The summed E-state index contributed by atoms with van der Waals surface area (Å²) in [5.41, 5.74) is 1.47. The Morgan fingerprint density at radius 3 is 2.18 bits per heavy atom. The van der Waals surface area contributed by atoms with Crippen LogP contribution in [0.3, 0.4) is 0 Å². The first-order valence-electron chi connectivity index (χ1n) is 7.08. The number of carbonyl (C=O) groups is 1. The summed E-state index contributed by atoms with van der Waals surface area (Å²) in [5.74, 6) is 0. The molecule has 0 unspecified atom stereocenters. The van der Waals surface area contributed by atoms with Crippen LogP contribution in [0.1, 0.15) is 13.8 Å². The summed E-state index contributed by atoms with van der Waals surface area (Å²) in [6.45, 7) is 3.50. The van der Waals surface area contributed by atoms with Crippen molar-refractivity contribution in [2.45, 2.75) is 20.0 Å². The van der Waals surface area contributed by atoms with Gasteiger partial charge in [0.05, 0.1) is 22.8 Å². The lowest BCUT2D eigenvalue weighted by Gasteiger charge is -2.07. The molecule has 3 aromatic rings. The van der Waals surface area contributed by atoms with E-state index in [1.807, 2.05) is 42.5 Å². The first-order chi connectivity index (χ1) is 10.6. The number of ether oxygens (including phenoxy) is 1. The lowest BCUT2D eigenvalue weighted by Crippen LogP contribution is -2.30. The van der Waals surface area contributed by atoms with Crippen molar-refractivity contribution in [2.24, 2.45) is 0 Å². The quantitative estimate of drug-likeness (QED) is 0.730. The van der Waals surface area contributed by atoms with Gasteiger partial charge in [0.2, 0.25) is 0 Å². The molecule has 0 bridgehead atoms. The maximum Gasteiger partial charge on any atom is 0.423 e. The van der Waals surface area contributed by atoms with Crippen LogP contribution in [0.25, 0.3) is 16.7 Å². The lowest BCUT2D eigenvalue weighted by molar-refractivity contribution is 0.117. The van der Waals surface area contributed by atoms with Gasteiger partial charge in [-0.15, -0.1) is 0 Å². The highest BCUT2D eigenvalue weighted by Crippen LogP contribution is 2.17. The molecule has 112 valence electrons. The van der Waals surface area contributed by atoms with Gasteiger partial charge in [0.25, 0.3) is 0 Å². The van der Waals surface area contributed by atoms with Crippen LogP contribution in [-0.4, -0.2) is 21.3 Å². The zero-order valence-corrected chi connectivity index (χ0v) is 12.4. The Bertz CT molecular complexity index is 876. The van der Waals surface area contributed by atoms with E-state index in [9.17, 15) is 9.59 Å². The van der Waals surface area contributed by atoms with Crippen LogP contribution in [0.15, 0.2) is 59.4 Å². The fraction of sp³-hybridized carbons (Fsp3) is 0.176. The molecule has 0 aliphatic carbocycles. The highest BCUT2D eigenvalue weighted by molar-refractivity contribution is 5.88. The third-order valence-corrected chi connectivity index (χ3v) is 3.28. The van der Waals surface area contributed by atoms with Gasteiger partial charge in [-0.2, -0.15) is 4.57 Å². The minimum Gasteiger partial charge on any atom is -0.446 e. The van der Waals surface area contributed by atoms with Crippen LogP contribution in [0, 0.1) is 0 Å². The van der Waals surface area contributed by atoms with Gasteiger partial charge in [-0.1, -0.05) is 30.3 Å². The van der Waals surface area contributed by atoms with Crippen molar-refractivity contribution in [1.82, 2.24) is 9.13 Å². The molecule has 5 nitrogen and oxygen atoms in total. The Balaban J connectivity index is 2.29. The molecule has 0 fully saturated rings. The Kier molecular flexibility index (Phi) is 3.55. The number of hydrogen-bond donors (Lipinski definition) is 0. The molecule has 0 radical (unpaired) electrons. The summed E-state index contributed by atoms with van der Waals surface area (Å²) >= 11 is 0. The first kappa shape index (κ1) is 14.1. The Hall–Kier alpha value is -2.82. The van der Waals surface area contributed by atoms with Crippen LogP contribution in [0.4, 0.5) is 4.79 Å². The molecular weight excluding hydrogens is 280 g/mol. The first-order valence-corrected chi connectivity index (χ1v) is 7.08. The largest absolute Gasteiger partial charge is 0.446 e. The number of fused-ring (bicyclic) bond motifs is 1. The number of benzene rings is 2. The molecule has 0 amide bonds. The van der Waals surface area contributed by atoms with Gasteiger partial charge in [0, 0.05) is 0 Å². The van der Waals surface area contributed by atoms with Crippen molar-refractivity contribution >= 4 is 17.1 Å². The molecule has 0 saturated heterocycles. The van der Waals surface area contributed by atoms with E-state index in [0.717, 1.165) is 4.57 Å². The molecule has 0 saturated carbocycles. The second-order valence-electron chi connectivity index (χ2n) is 5.21. The van der Waals surface area contributed by atoms with Crippen molar-refractivity contribution in [2.75, 3.05) is 0 Å². The zero-order valence-electron chi connectivity index (χ0n) is 12.4. The van der Waals surface area contributed by atoms with Crippen molar-refractivity contribution in [3.8, 4) is 5.69 Å². The second-order valence-corrected chi connectivity index (χ2v) is 5.21. The molecule has 2 aromatic carbocycles. The Morgan fingerprint density at radius 1 is 0.955 bits per heavy atom. The maximum absolute atomic E-state index is 12.7. The summed E-state index contributed by atoms with van der Waals surface area (Å²) in [6.07, 6.45) is -0.955. The summed E-state index contributed by atoms with van der Waals surface area (Å²) < 4.78 is 7.77. The highest BCUT2D eigenvalue weighted by Gasteiger charge is 2.20. The minimum absolute atomic E-state index is 0.293. The maximum atomic E-state index is 12.7. The van der Waals surface area contributed by atoms with Crippen LogP contribution in [-0.2, 0) is 4.74 Å². The van der Waals surface area contributed by atoms with Gasteiger partial charge in [-0.05, 0) is 38.1 Å².